The van der Waals surface area contributed by atoms with E-state index in [1.54, 1.807) is 22.9 Å². The maximum Gasteiger partial charge on any atom is 0.411 e. The van der Waals surface area contributed by atoms with Gasteiger partial charge < -0.3 is 24.8 Å². The number of H-pyrrole nitrogens is 2. The molecule has 4 aromatic rings. The van der Waals surface area contributed by atoms with E-state index >= 15 is 0 Å². The van der Waals surface area contributed by atoms with Crippen LogP contribution in [0.15, 0.2) is 60.9 Å². The van der Waals surface area contributed by atoms with E-state index in [0.29, 0.717) is 17.5 Å². The van der Waals surface area contributed by atoms with E-state index in [2.05, 4.69) is 74.3 Å². The highest BCUT2D eigenvalue weighted by Gasteiger charge is 2.35. The minimum atomic E-state index is -0.592. The smallest absolute Gasteiger partial charge is 0.411 e. The zero-order valence-electron chi connectivity index (χ0n) is 26.4. The van der Waals surface area contributed by atoms with Crippen LogP contribution in [0, 0.1) is 0 Å². The third kappa shape index (κ3) is 8.23. The van der Waals surface area contributed by atoms with Crippen molar-refractivity contribution < 1.29 is 19.1 Å². The van der Waals surface area contributed by atoms with E-state index in [1.807, 2.05) is 59.9 Å². The average molecular weight is 649 g/mol. The van der Waals surface area contributed by atoms with Crippen molar-refractivity contribution in [1.29, 1.82) is 0 Å². The lowest BCUT2D eigenvalue weighted by Gasteiger charge is -2.27. The molecule has 3 heterocycles. The van der Waals surface area contributed by atoms with Gasteiger partial charge in [0.1, 0.15) is 28.9 Å². The summed E-state index contributed by atoms with van der Waals surface area (Å²) in [5, 5.41) is 2.82. The molecular formula is C33H40N6O4S2. The molecule has 2 atom stereocenters. The van der Waals surface area contributed by atoms with Crippen molar-refractivity contribution in [3.05, 3.63) is 72.6 Å². The van der Waals surface area contributed by atoms with Crippen LogP contribution in [0.3, 0.4) is 0 Å². The van der Waals surface area contributed by atoms with Crippen molar-refractivity contribution in [2.24, 2.45) is 0 Å². The second-order valence-electron chi connectivity index (χ2n) is 12.9. The molecule has 0 spiro atoms. The van der Waals surface area contributed by atoms with Gasteiger partial charge >= 0.3 is 12.2 Å². The Hall–Kier alpha value is -3.90. The summed E-state index contributed by atoms with van der Waals surface area (Å²) in [6.07, 6.45) is 2.73. The Labute approximate surface area is 273 Å². The van der Waals surface area contributed by atoms with Crippen LogP contribution in [0.2, 0.25) is 0 Å². The zero-order valence-corrected chi connectivity index (χ0v) is 28.1. The highest BCUT2D eigenvalue weighted by molar-refractivity contribution is 7.99. The topological polar surface area (TPSA) is 125 Å². The number of aromatic nitrogens is 4. The molecule has 1 fully saturated rings. The number of nitrogens with one attached hydrogen (secondary N) is 3. The maximum absolute atomic E-state index is 12.7. The van der Waals surface area contributed by atoms with Gasteiger partial charge in [-0.2, -0.15) is 12.6 Å². The highest BCUT2D eigenvalue weighted by Crippen LogP contribution is 2.34. The van der Waals surface area contributed by atoms with Crippen LogP contribution >= 0.6 is 24.4 Å². The number of imidazole rings is 2. The molecule has 0 bridgehead atoms. The minimum absolute atomic E-state index is 0.160. The van der Waals surface area contributed by atoms with Crippen LogP contribution < -0.4 is 5.32 Å². The Balaban J connectivity index is 1.23. The molecule has 0 saturated carbocycles. The Kier molecular flexibility index (Phi) is 9.54. The van der Waals surface area contributed by atoms with Gasteiger partial charge in [-0.05, 0) is 63.8 Å². The van der Waals surface area contributed by atoms with Crippen molar-refractivity contribution in [2.45, 2.75) is 64.8 Å². The van der Waals surface area contributed by atoms with Crippen LogP contribution in [0.4, 0.5) is 9.59 Å². The van der Waals surface area contributed by atoms with E-state index in [0.717, 1.165) is 45.2 Å². The molecule has 0 radical (unpaired) electrons. The van der Waals surface area contributed by atoms with E-state index in [4.69, 9.17) is 9.47 Å². The first-order valence-corrected chi connectivity index (χ1v) is 16.6. The largest absolute Gasteiger partial charge is 0.444 e. The normalized spacial score (nSPS) is 16.0. The Morgan fingerprint density at radius 2 is 1.42 bits per heavy atom. The van der Waals surface area contributed by atoms with Gasteiger partial charge in [-0.3, -0.25) is 4.90 Å². The Bertz CT molecular complexity index is 1620. The predicted octanol–water partition coefficient (Wildman–Crippen LogP) is 7.61. The highest BCUT2D eigenvalue weighted by atomic mass is 32.2. The number of thiol groups is 1. The molecule has 2 aromatic carbocycles. The fourth-order valence-electron chi connectivity index (χ4n) is 4.82. The molecule has 0 unspecified atom stereocenters. The predicted molar refractivity (Wildman–Crippen MR) is 181 cm³/mol. The SMILES string of the molecule is CC(C)(C)OC(=O)N[C@@H](CS)c1ncc(-c2ccc(-c3ccc(-c4cnc([C@@H]5CSCN5C(=O)OC(C)(C)C)[nH]4)cc3)cc2)[nH]1. The van der Waals surface area contributed by atoms with E-state index in [-0.39, 0.29) is 12.1 Å². The van der Waals surface area contributed by atoms with Crippen molar-refractivity contribution >= 4 is 36.6 Å². The lowest BCUT2D eigenvalue weighted by atomic mass is 10.0. The monoisotopic (exact) mass is 648 g/mol. The number of nitrogens with zero attached hydrogens (tertiary/aromatic N) is 3. The maximum atomic E-state index is 12.7. The molecular weight excluding hydrogens is 609 g/mol. The summed E-state index contributed by atoms with van der Waals surface area (Å²) >= 11 is 6.07. The zero-order chi connectivity index (χ0) is 32.4. The molecule has 2 amide bonds. The van der Waals surface area contributed by atoms with Crippen LogP contribution in [0.25, 0.3) is 33.6 Å². The van der Waals surface area contributed by atoms with Gasteiger partial charge in [0.15, 0.2) is 0 Å². The van der Waals surface area contributed by atoms with Gasteiger partial charge in [0.25, 0.3) is 0 Å². The lowest BCUT2D eigenvalue weighted by Crippen LogP contribution is -2.37. The summed E-state index contributed by atoms with van der Waals surface area (Å²) in [5.74, 6) is 3.07. The van der Waals surface area contributed by atoms with Gasteiger partial charge in [-0.15, -0.1) is 11.8 Å². The standard InChI is InChI=1S/C33H40N6O4S2/c1-32(2,3)42-30(40)38-26(17-44)28-34-15-24(36-28)22-11-7-20(8-12-22)21-9-13-23(14-10-21)25-16-35-29(37-25)27-18-45-19-39(27)31(41)43-33(4,5)6/h7-16,26-27,44H,17-19H2,1-6H3,(H,34,36)(H,35,37)(H,38,40)/t26-,27-/m0/s1. The van der Waals surface area contributed by atoms with Crippen LogP contribution in [-0.2, 0) is 9.47 Å². The molecule has 238 valence electrons. The van der Waals surface area contributed by atoms with Crippen molar-refractivity contribution in [3.8, 4) is 33.6 Å². The number of alkyl carbamates (subject to hydrolysis) is 1. The molecule has 2 aromatic heterocycles. The Morgan fingerprint density at radius 1 is 0.889 bits per heavy atom. The van der Waals surface area contributed by atoms with Gasteiger partial charge in [-0.25, -0.2) is 19.6 Å². The molecule has 10 nitrogen and oxygen atoms in total. The van der Waals surface area contributed by atoms with E-state index in [9.17, 15) is 9.59 Å². The Morgan fingerprint density at radius 3 is 1.98 bits per heavy atom. The number of ether oxygens (including phenoxy) is 2. The van der Waals surface area contributed by atoms with Crippen LogP contribution in [0.1, 0.15) is 65.3 Å². The molecule has 5 rings (SSSR count). The summed E-state index contributed by atoms with van der Waals surface area (Å²) < 4.78 is 11.0. The number of carbonyl (C=O) groups excluding carboxylic acids is 2. The fraction of sp³-hybridized carbons (Fsp3) is 0.394. The van der Waals surface area contributed by atoms with E-state index < -0.39 is 23.3 Å². The summed E-state index contributed by atoms with van der Waals surface area (Å²) in [6.45, 7) is 11.1. The lowest BCUT2D eigenvalue weighted by molar-refractivity contribution is 0.0232. The summed E-state index contributed by atoms with van der Waals surface area (Å²) in [5.41, 5.74) is 4.72. The van der Waals surface area contributed by atoms with Gasteiger partial charge in [-0.1, -0.05) is 48.5 Å². The van der Waals surface area contributed by atoms with Crippen molar-refractivity contribution in [1.82, 2.24) is 30.2 Å². The second-order valence-corrected chi connectivity index (χ2v) is 14.2. The van der Waals surface area contributed by atoms with Gasteiger partial charge in [0.2, 0.25) is 0 Å². The summed E-state index contributed by atoms with van der Waals surface area (Å²) in [4.78, 5) is 42.5. The number of rotatable bonds is 7. The fourth-order valence-corrected chi connectivity index (χ4v) is 6.23. The number of thioether (sulfide) groups is 1. The molecule has 1 saturated heterocycles. The van der Waals surface area contributed by atoms with Crippen molar-refractivity contribution in [3.63, 3.8) is 0 Å². The number of carbonyl (C=O) groups is 2. The van der Waals surface area contributed by atoms with Gasteiger partial charge in [0, 0.05) is 11.5 Å². The van der Waals surface area contributed by atoms with Crippen molar-refractivity contribution in [2.75, 3.05) is 17.4 Å². The minimum Gasteiger partial charge on any atom is -0.444 e. The molecule has 0 aliphatic carbocycles. The third-order valence-electron chi connectivity index (χ3n) is 6.95. The summed E-state index contributed by atoms with van der Waals surface area (Å²) in [6, 6.07) is 15.9. The number of amides is 2. The first-order valence-electron chi connectivity index (χ1n) is 14.8. The number of hydrogen-bond donors (Lipinski definition) is 4. The first-order chi connectivity index (χ1) is 21.3. The summed E-state index contributed by atoms with van der Waals surface area (Å²) in [7, 11) is 0. The number of hydrogen-bond acceptors (Lipinski definition) is 8. The number of benzene rings is 2. The van der Waals surface area contributed by atoms with Crippen LogP contribution in [-0.4, -0.2) is 65.6 Å². The quantitative estimate of drug-likeness (QED) is 0.152. The van der Waals surface area contributed by atoms with Gasteiger partial charge in [0.05, 0.1) is 35.7 Å². The molecule has 12 heteroatoms. The number of aromatic amines is 2. The average Bonchev–Trinajstić information content (AvgIpc) is 3.75. The molecule has 1 aliphatic heterocycles. The van der Waals surface area contributed by atoms with E-state index in [1.165, 1.54) is 0 Å². The molecule has 1 aliphatic rings. The molecule has 3 N–H and O–H groups in total. The first kappa shape index (κ1) is 32.5. The second kappa shape index (κ2) is 13.2. The third-order valence-corrected chi connectivity index (χ3v) is 8.32. The van der Waals surface area contributed by atoms with Crippen LogP contribution in [0.5, 0.6) is 0 Å². The molecule has 45 heavy (non-hydrogen) atoms.